The first-order chi connectivity index (χ1) is 9.65. The normalized spacial score (nSPS) is 28.9. The van der Waals surface area contributed by atoms with E-state index in [9.17, 15) is 4.79 Å². The molecule has 3 unspecified atom stereocenters. The van der Waals surface area contributed by atoms with Crippen molar-refractivity contribution in [2.24, 2.45) is 11.8 Å². The van der Waals surface area contributed by atoms with Crippen LogP contribution in [0.1, 0.15) is 61.4 Å². The first-order valence-electron chi connectivity index (χ1n) is 7.72. The molecule has 3 atom stereocenters. The molecule has 4 nitrogen and oxygen atoms in total. The summed E-state index contributed by atoms with van der Waals surface area (Å²) in [6, 6.07) is 3.54. The third-order valence-electron chi connectivity index (χ3n) is 5.12. The zero-order chi connectivity index (χ0) is 14.1. The maximum Gasteiger partial charge on any atom is 0.371 e. The molecule has 2 aliphatic rings. The van der Waals surface area contributed by atoms with Crippen LogP contribution in [-0.4, -0.2) is 29.1 Å². The van der Waals surface area contributed by atoms with Gasteiger partial charge in [0.05, 0.1) is 6.04 Å². The molecule has 2 fully saturated rings. The number of likely N-dealkylation sites (tertiary alicyclic amines) is 1. The van der Waals surface area contributed by atoms with Crippen LogP contribution in [0.3, 0.4) is 0 Å². The van der Waals surface area contributed by atoms with Gasteiger partial charge in [0.1, 0.15) is 5.76 Å². The molecule has 0 radical (unpaired) electrons. The van der Waals surface area contributed by atoms with Crippen molar-refractivity contribution >= 4 is 5.97 Å². The summed E-state index contributed by atoms with van der Waals surface area (Å²) in [6.07, 6.45) is 6.80. The molecule has 1 saturated carbocycles. The number of carboxylic acids is 1. The number of hydrogen-bond acceptors (Lipinski definition) is 3. The molecule has 0 aromatic carbocycles. The van der Waals surface area contributed by atoms with Crippen LogP contribution in [0.4, 0.5) is 0 Å². The smallest absolute Gasteiger partial charge is 0.371 e. The van der Waals surface area contributed by atoms with Crippen LogP contribution in [0.25, 0.3) is 0 Å². The highest BCUT2D eigenvalue weighted by Gasteiger charge is 2.33. The molecule has 110 valence electrons. The predicted molar refractivity (Wildman–Crippen MR) is 75.7 cm³/mol. The van der Waals surface area contributed by atoms with Crippen molar-refractivity contribution in [3.8, 4) is 0 Å². The number of carbonyl (C=O) groups is 1. The molecule has 1 saturated heterocycles. The molecule has 1 N–H and O–H groups in total. The Hall–Kier alpha value is -1.29. The minimum atomic E-state index is -0.991. The Bertz CT molecular complexity index is 482. The lowest BCUT2D eigenvalue weighted by Crippen LogP contribution is -2.42. The molecule has 0 amide bonds. The fourth-order valence-electron chi connectivity index (χ4n) is 3.85. The van der Waals surface area contributed by atoms with Crippen LogP contribution in [0, 0.1) is 11.8 Å². The zero-order valence-electron chi connectivity index (χ0n) is 12.0. The quantitative estimate of drug-likeness (QED) is 0.918. The predicted octanol–water partition coefficient (Wildman–Crippen LogP) is 3.55. The molecule has 0 spiro atoms. The van der Waals surface area contributed by atoms with Crippen molar-refractivity contribution in [2.75, 3.05) is 13.1 Å². The standard InChI is InChI=1S/C16H23NO3/c1-11(14-6-7-15(20-14)16(18)19)17-9-8-12-4-2-3-5-13(12)10-17/h6-7,11-13H,2-5,8-10H2,1H3,(H,18,19). The molecule has 20 heavy (non-hydrogen) atoms. The number of piperidine rings is 1. The molecule has 1 aromatic rings. The average Bonchev–Trinajstić information content (AvgIpc) is 2.96. The number of hydrogen-bond donors (Lipinski definition) is 1. The van der Waals surface area contributed by atoms with E-state index >= 15 is 0 Å². The van der Waals surface area contributed by atoms with Crippen molar-refractivity contribution in [3.63, 3.8) is 0 Å². The van der Waals surface area contributed by atoms with E-state index < -0.39 is 5.97 Å². The third kappa shape index (κ3) is 2.62. The molecule has 1 aliphatic heterocycles. The fraction of sp³-hybridized carbons (Fsp3) is 0.688. The van der Waals surface area contributed by atoms with Gasteiger partial charge < -0.3 is 9.52 Å². The highest BCUT2D eigenvalue weighted by Crippen LogP contribution is 2.38. The van der Waals surface area contributed by atoms with E-state index in [0.29, 0.717) is 0 Å². The Kier molecular flexibility index (Phi) is 3.83. The van der Waals surface area contributed by atoms with Gasteiger partial charge in [-0.25, -0.2) is 4.79 Å². The minimum absolute atomic E-state index is 0.0411. The van der Waals surface area contributed by atoms with E-state index in [1.165, 1.54) is 32.1 Å². The van der Waals surface area contributed by atoms with Crippen LogP contribution < -0.4 is 0 Å². The number of nitrogens with zero attached hydrogens (tertiary/aromatic N) is 1. The van der Waals surface area contributed by atoms with Gasteiger partial charge >= 0.3 is 5.97 Å². The second-order valence-electron chi connectivity index (χ2n) is 6.27. The van der Waals surface area contributed by atoms with Gasteiger partial charge in [-0.15, -0.1) is 0 Å². The molecule has 1 aliphatic carbocycles. The van der Waals surface area contributed by atoms with Crippen molar-refractivity contribution in [3.05, 3.63) is 23.7 Å². The van der Waals surface area contributed by atoms with Gasteiger partial charge in [-0.3, -0.25) is 4.90 Å². The van der Waals surface area contributed by atoms with E-state index in [1.807, 2.05) is 0 Å². The summed E-state index contributed by atoms with van der Waals surface area (Å²) in [5, 5.41) is 8.94. The molecular formula is C16H23NO3. The van der Waals surface area contributed by atoms with Crippen LogP contribution in [-0.2, 0) is 0 Å². The Labute approximate surface area is 119 Å². The molecule has 0 bridgehead atoms. The van der Waals surface area contributed by atoms with Crippen molar-refractivity contribution in [1.82, 2.24) is 4.90 Å². The van der Waals surface area contributed by atoms with Crippen LogP contribution in [0.15, 0.2) is 16.5 Å². The van der Waals surface area contributed by atoms with Crippen LogP contribution in [0.2, 0.25) is 0 Å². The molecule has 2 heterocycles. The lowest BCUT2D eigenvalue weighted by atomic mass is 9.75. The summed E-state index contributed by atoms with van der Waals surface area (Å²) >= 11 is 0. The van der Waals surface area contributed by atoms with E-state index in [-0.39, 0.29) is 11.8 Å². The molecule has 4 heteroatoms. The first kappa shape index (κ1) is 13.7. The number of fused-ring (bicyclic) bond motifs is 1. The van der Waals surface area contributed by atoms with E-state index in [0.717, 1.165) is 30.7 Å². The lowest BCUT2D eigenvalue weighted by molar-refractivity contribution is 0.0527. The van der Waals surface area contributed by atoms with Crippen molar-refractivity contribution in [1.29, 1.82) is 0 Å². The lowest BCUT2D eigenvalue weighted by Gasteiger charge is -2.43. The average molecular weight is 277 g/mol. The highest BCUT2D eigenvalue weighted by atomic mass is 16.4. The SMILES string of the molecule is CC(c1ccc(C(=O)O)o1)N1CCC2CCCCC2C1. The van der Waals surface area contributed by atoms with Gasteiger partial charge in [0.2, 0.25) is 5.76 Å². The van der Waals surface area contributed by atoms with Gasteiger partial charge in [0.15, 0.2) is 0 Å². The second-order valence-corrected chi connectivity index (χ2v) is 6.27. The van der Waals surface area contributed by atoms with E-state index in [2.05, 4.69) is 11.8 Å². The Balaban J connectivity index is 1.67. The third-order valence-corrected chi connectivity index (χ3v) is 5.12. The van der Waals surface area contributed by atoms with E-state index in [4.69, 9.17) is 9.52 Å². The molecule has 3 rings (SSSR count). The highest BCUT2D eigenvalue weighted by molar-refractivity contribution is 5.84. The summed E-state index contributed by atoms with van der Waals surface area (Å²) < 4.78 is 5.45. The summed E-state index contributed by atoms with van der Waals surface area (Å²) in [5.41, 5.74) is 0. The zero-order valence-corrected chi connectivity index (χ0v) is 12.0. The molecular weight excluding hydrogens is 254 g/mol. The number of furan rings is 1. The van der Waals surface area contributed by atoms with Crippen molar-refractivity contribution < 1.29 is 14.3 Å². The topological polar surface area (TPSA) is 53.7 Å². The van der Waals surface area contributed by atoms with Gasteiger partial charge in [-0.05, 0) is 50.3 Å². The maximum absolute atomic E-state index is 10.9. The van der Waals surface area contributed by atoms with E-state index in [1.54, 1.807) is 12.1 Å². The van der Waals surface area contributed by atoms with Gasteiger partial charge in [0.25, 0.3) is 0 Å². The summed E-state index contributed by atoms with van der Waals surface area (Å²) in [5.74, 6) is 1.57. The Morgan fingerprint density at radius 3 is 2.75 bits per heavy atom. The van der Waals surface area contributed by atoms with Gasteiger partial charge in [-0.1, -0.05) is 19.3 Å². The summed E-state index contributed by atoms with van der Waals surface area (Å²) in [7, 11) is 0. The first-order valence-corrected chi connectivity index (χ1v) is 7.72. The minimum Gasteiger partial charge on any atom is -0.475 e. The summed E-state index contributed by atoms with van der Waals surface area (Å²) in [4.78, 5) is 13.3. The van der Waals surface area contributed by atoms with Crippen molar-refractivity contribution in [2.45, 2.75) is 45.1 Å². The number of carboxylic acid groups (broad SMARTS) is 1. The Morgan fingerprint density at radius 2 is 2.05 bits per heavy atom. The van der Waals surface area contributed by atoms with Gasteiger partial charge in [-0.2, -0.15) is 0 Å². The number of rotatable bonds is 3. The van der Waals surface area contributed by atoms with Crippen LogP contribution >= 0.6 is 0 Å². The largest absolute Gasteiger partial charge is 0.475 e. The maximum atomic E-state index is 10.9. The monoisotopic (exact) mass is 277 g/mol. The second kappa shape index (κ2) is 5.60. The number of aromatic carboxylic acids is 1. The fourth-order valence-corrected chi connectivity index (χ4v) is 3.85. The van der Waals surface area contributed by atoms with Crippen LogP contribution in [0.5, 0.6) is 0 Å². The summed E-state index contributed by atoms with van der Waals surface area (Å²) in [6.45, 7) is 4.36. The Morgan fingerprint density at radius 1 is 1.30 bits per heavy atom. The molecule has 1 aromatic heterocycles. The van der Waals surface area contributed by atoms with Gasteiger partial charge in [0, 0.05) is 6.54 Å².